The Morgan fingerprint density at radius 3 is 1.67 bits per heavy atom. The Morgan fingerprint density at radius 2 is 1.13 bits per heavy atom. The van der Waals surface area contributed by atoms with Crippen LogP contribution in [0.25, 0.3) is 0 Å². The average molecular weight is 715 g/mol. The summed E-state index contributed by atoms with van der Waals surface area (Å²) >= 11 is 0. The zero-order valence-corrected chi connectivity index (χ0v) is 32.1. The number of hydrogen-bond acceptors (Lipinski definition) is 8. The first-order valence-electron chi connectivity index (χ1n) is 20.0. The number of fused-ring (bicyclic) bond motifs is 2. The van der Waals surface area contributed by atoms with Crippen molar-refractivity contribution in [3.05, 3.63) is 87.0 Å². The first kappa shape index (κ1) is 39.7. The van der Waals surface area contributed by atoms with Crippen molar-refractivity contribution in [3.8, 4) is 5.75 Å². The van der Waals surface area contributed by atoms with Gasteiger partial charge in [0.15, 0.2) is 0 Å². The number of unbranched alkanes of at least 4 members (excludes halogenated alkanes) is 10. The van der Waals surface area contributed by atoms with Crippen molar-refractivity contribution in [1.29, 1.82) is 0 Å². The number of methoxy groups -OCH3 is 1. The van der Waals surface area contributed by atoms with Crippen molar-refractivity contribution in [1.82, 2.24) is 9.80 Å². The van der Waals surface area contributed by atoms with E-state index in [9.17, 15) is 10.1 Å². The van der Waals surface area contributed by atoms with Gasteiger partial charge in [0, 0.05) is 67.9 Å². The highest BCUT2D eigenvalue weighted by molar-refractivity contribution is 5.84. The van der Waals surface area contributed by atoms with Crippen LogP contribution in [0.3, 0.4) is 0 Å². The number of hydrogen-bond donors (Lipinski definition) is 0. The molecule has 2 aliphatic heterocycles. The fourth-order valence-corrected chi connectivity index (χ4v) is 7.75. The molecule has 0 bridgehead atoms. The van der Waals surface area contributed by atoms with Crippen molar-refractivity contribution in [2.45, 2.75) is 117 Å². The molecule has 0 saturated carbocycles. The summed E-state index contributed by atoms with van der Waals surface area (Å²) in [7, 11) is 1.69. The number of benzene rings is 3. The summed E-state index contributed by atoms with van der Waals surface area (Å²) in [6.45, 7) is 12.2. The minimum absolute atomic E-state index is 0.0962. The predicted molar refractivity (Wildman–Crippen MR) is 211 cm³/mol. The van der Waals surface area contributed by atoms with Gasteiger partial charge >= 0.3 is 0 Å². The van der Waals surface area contributed by atoms with Crippen LogP contribution in [0, 0.1) is 10.1 Å². The summed E-state index contributed by atoms with van der Waals surface area (Å²) in [4.78, 5) is 18.9. The third-order valence-electron chi connectivity index (χ3n) is 10.5. The zero-order valence-electron chi connectivity index (χ0n) is 32.1. The number of non-ortho nitro benzene ring substituents is 1. The smallest absolute Gasteiger partial charge is 0.269 e. The van der Waals surface area contributed by atoms with E-state index in [1.54, 1.807) is 19.2 Å². The molecule has 3 aromatic rings. The van der Waals surface area contributed by atoms with Gasteiger partial charge in [-0.2, -0.15) is 0 Å². The summed E-state index contributed by atoms with van der Waals surface area (Å²) in [6, 6.07) is 17.5. The van der Waals surface area contributed by atoms with E-state index in [4.69, 9.17) is 14.2 Å². The molecule has 52 heavy (non-hydrogen) atoms. The van der Waals surface area contributed by atoms with Crippen LogP contribution in [0.4, 0.5) is 22.7 Å². The van der Waals surface area contributed by atoms with Gasteiger partial charge in [0.2, 0.25) is 0 Å². The first-order chi connectivity index (χ1) is 25.5. The van der Waals surface area contributed by atoms with Crippen LogP contribution in [0.2, 0.25) is 0 Å². The van der Waals surface area contributed by atoms with E-state index in [1.807, 2.05) is 18.2 Å². The van der Waals surface area contributed by atoms with E-state index >= 15 is 0 Å². The Bertz CT molecular complexity index is 1460. The maximum atomic E-state index is 11.7. The fraction of sp³-hybridized carbons (Fsp3) is 0.581. The summed E-state index contributed by atoms with van der Waals surface area (Å²) in [6.07, 6.45) is 15.3. The minimum atomic E-state index is -0.322. The number of nitro groups is 1. The molecule has 0 saturated heterocycles. The Balaban J connectivity index is 1.53. The molecule has 2 aliphatic rings. The van der Waals surface area contributed by atoms with Gasteiger partial charge in [-0.1, -0.05) is 96.3 Å². The molecule has 9 nitrogen and oxygen atoms in total. The highest BCUT2D eigenvalue weighted by Crippen LogP contribution is 2.51. The van der Waals surface area contributed by atoms with Crippen LogP contribution >= 0.6 is 0 Å². The molecule has 0 amide bonds. The fourth-order valence-electron chi connectivity index (χ4n) is 7.75. The molecule has 0 aromatic heterocycles. The number of para-hydroxylation sites is 1. The Hall–Kier alpha value is -3.50. The van der Waals surface area contributed by atoms with E-state index in [2.05, 4.69) is 52.8 Å². The second kappa shape index (κ2) is 21.3. The van der Waals surface area contributed by atoms with Gasteiger partial charge in [-0.15, -0.1) is 0 Å². The van der Waals surface area contributed by atoms with Gasteiger partial charge in [0.1, 0.15) is 12.4 Å². The molecule has 0 spiro atoms. The molecular weight excluding hydrogens is 652 g/mol. The lowest BCUT2D eigenvalue weighted by Crippen LogP contribution is -2.20. The third kappa shape index (κ3) is 10.8. The Morgan fingerprint density at radius 1 is 0.635 bits per heavy atom. The van der Waals surface area contributed by atoms with Crippen molar-refractivity contribution in [3.63, 3.8) is 0 Å². The van der Waals surface area contributed by atoms with Gasteiger partial charge in [0.05, 0.1) is 30.4 Å². The lowest BCUT2D eigenvalue weighted by Gasteiger charge is -2.31. The standard InChI is InChI=1S/C43H62N4O5/c1-4-6-8-10-12-17-25-44-31-38-40(33-44)43(52-30-29-51-28-27-50-3)41-34-45(26-18-13-11-9-7-5-2)32-39(41)42(38)46(35-19-15-14-16-20-35)36-21-23-37(24-22-36)47(48)49/h14-16,19-24H,4-13,17-18,25-34H2,1-3H3. The molecule has 9 heteroatoms. The number of ether oxygens (including phenoxy) is 3. The van der Waals surface area contributed by atoms with Crippen LogP contribution in [0.1, 0.15) is 113 Å². The summed E-state index contributed by atoms with van der Waals surface area (Å²) < 4.78 is 17.8. The zero-order chi connectivity index (χ0) is 36.5. The lowest BCUT2D eigenvalue weighted by molar-refractivity contribution is -0.384. The molecule has 0 N–H and O–H groups in total. The minimum Gasteiger partial charge on any atom is -0.490 e. The van der Waals surface area contributed by atoms with E-state index < -0.39 is 0 Å². The van der Waals surface area contributed by atoms with E-state index in [-0.39, 0.29) is 10.6 Å². The summed E-state index contributed by atoms with van der Waals surface area (Å²) in [5.41, 5.74) is 8.45. The van der Waals surface area contributed by atoms with Gasteiger partial charge in [-0.05, 0) is 61.3 Å². The van der Waals surface area contributed by atoms with Crippen LogP contribution in [0.15, 0.2) is 54.6 Å². The van der Waals surface area contributed by atoms with Crippen molar-refractivity contribution in [2.75, 3.05) is 51.5 Å². The second-order valence-electron chi connectivity index (χ2n) is 14.4. The molecule has 284 valence electrons. The van der Waals surface area contributed by atoms with Crippen LogP contribution in [0.5, 0.6) is 5.75 Å². The molecular formula is C43H62N4O5. The highest BCUT2D eigenvalue weighted by atomic mass is 16.6. The van der Waals surface area contributed by atoms with Crippen molar-refractivity contribution in [2.24, 2.45) is 0 Å². The van der Waals surface area contributed by atoms with Crippen LogP contribution in [-0.2, 0) is 35.7 Å². The summed E-state index contributed by atoms with van der Waals surface area (Å²) in [5.74, 6) is 1.04. The molecule has 5 rings (SSSR count). The maximum Gasteiger partial charge on any atom is 0.269 e. The lowest BCUT2D eigenvalue weighted by atomic mass is 9.95. The molecule has 2 heterocycles. The normalized spacial score (nSPS) is 14.1. The molecule has 0 unspecified atom stereocenters. The number of anilines is 3. The van der Waals surface area contributed by atoms with Gasteiger partial charge < -0.3 is 19.1 Å². The summed E-state index contributed by atoms with van der Waals surface area (Å²) in [5, 5.41) is 11.7. The van der Waals surface area contributed by atoms with E-state index in [1.165, 1.54) is 105 Å². The van der Waals surface area contributed by atoms with Gasteiger partial charge in [-0.25, -0.2) is 0 Å². The first-order valence-corrected chi connectivity index (χ1v) is 20.0. The second-order valence-corrected chi connectivity index (χ2v) is 14.4. The topological polar surface area (TPSA) is 80.6 Å². The molecule has 0 atom stereocenters. The number of rotatable bonds is 25. The Labute approximate surface area is 312 Å². The van der Waals surface area contributed by atoms with Crippen LogP contribution < -0.4 is 9.64 Å². The molecule has 3 aromatic carbocycles. The van der Waals surface area contributed by atoms with Gasteiger partial charge in [-0.3, -0.25) is 19.9 Å². The van der Waals surface area contributed by atoms with E-state index in [0.29, 0.717) is 26.4 Å². The SMILES string of the molecule is CCCCCCCCN1Cc2c(c(N(c3ccccc3)c3ccc([N+](=O)[O-])cc3)c3c(c2OCCOCCOC)CN(CCCCCCCC)C3)C1. The Kier molecular flexibility index (Phi) is 16.2. The van der Waals surface area contributed by atoms with E-state index in [0.717, 1.165) is 56.4 Å². The monoisotopic (exact) mass is 714 g/mol. The molecule has 0 fully saturated rings. The molecule has 0 aliphatic carbocycles. The van der Waals surface area contributed by atoms with Gasteiger partial charge in [0.25, 0.3) is 5.69 Å². The predicted octanol–water partition coefficient (Wildman–Crippen LogP) is 10.5. The van der Waals surface area contributed by atoms with Crippen molar-refractivity contribution >= 4 is 22.7 Å². The number of nitrogens with zero attached hydrogens (tertiary/aromatic N) is 4. The maximum absolute atomic E-state index is 11.7. The third-order valence-corrected chi connectivity index (χ3v) is 10.5. The molecule has 0 radical (unpaired) electrons. The highest BCUT2D eigenvalue weighted by Gasteiger charge is 2.37. The largest absolute Gasteiger partial charge is 0.490 e. The average Bonchev–Trinajstić information content (AvgIpc) is 3.78. The quantitative estimate of drug-likeness (QED) is 0.0487. The van der Waals surface area contributed by atoms with Crippen molar-refractivity contribution < 1.29 is 19.1 Å². The van der Waals surface area contributed by atoms with Crippen LogP contribution in [-0.4, -0.2) is 61.3 Å². The number of nitro benzene ring substituents is 1.